The van der Waals surface area contributed by atoms with Crippen LogP contribution in [0.25, 0.3) is 0 Å². The minimum Gasteiger partial charge on any atom is -0.484 e. The van der Waals surface area contributed by atoms with Gasteiger partial charge >= 0.3 is 0 Å². The fourth-order valence-corrected chi connectivity index (χ4v) is 2.47. The molecule has 2 aliphatic rings. The van der Waals surface area contributed by atoms with Crippen molar-refractivity contribution < 1.29 is 24.1 Å². The molecular formula is C16H22O5. The molecule has 0 amide bonds. The monoisotopic (exact) mass is 294 g/mol. The summed E-state index contributed by atoms with van der Waals surface area (Å²) in [6.07, 6.45) is 3.55. The Morgan fingerprint density at radius 2 is 2.38 bits per heavy atom. The van der Waals surface area contributed by atoms with E-state index in [1.54, 1.807) is 13.8 Å². The van der Waals surface area contributed by atoms with Crippen LogP contribution in [0.2, 0.25) is 0 Å². The van der Waals surface area contributed by atoms with E-state index in [9.17, 15) is 9.90 Å². The second-order valence-corrected chi connectivity index (χ2v) is 5.60. The molecule has 0 saturated carbocycles. The van der Waals surface area contributed by atoms with Crippen LogP contribution in [0.4, 0.5) is 0 Å². The summed E-state index contributed by atoms with van der Waals surface area (Å²) in [6, 6.07) is 0. The number of carbonyl (C=O) groups excluding carboxylic acids is 1. The smallest absolute Gasteiger partial charge is 0.202 e. The van der Waals surface area contributed by atoms with Gasteiger partial charge in [0, 0.05) is 19.1 Å². The number of allylic oxidation sites excluding steroid dienone is 1. The maximum Gasteiger partial charge on any atom is 0.202 e. The molecule has 0 aliphatic carbocycles. The Labute approximate surface area is 125 Å². The Morgan fingerprint density at radius 3 is 3.00 bits per heavy atom. The van der Waals surface area contributed by atoms with Crippen molar-refractivity contribution in [1.29, 1.82) is 0 Å². The molecule has 0 radical (unpaired) electrons. The van der Waals surface area contributed by atoms with Gasteiger partial charge in [-0.1, -0.05) is 11.8 Å². The lowest BCUT2D eigenvalue weighted by Crippen LogP contribution is -2.36. The maximum atomic E-state index is 11.8. The summed E-state index contributed by atoms with van der Waals surface area (Å²) in [7, 11) is 0. The molecular weight excluding hydrogens is 272 g/mol. The van der Waals surface area contributed by atoms with Crippen LogP contribution in [-0.2, 0) is 19.0 Å². The Balaban J connectivity index is 1.73. The molecule has 2 rings (SSSR count). The zero-order valence-electron chi connectivity index (χ0n) is 12.6. The fraction of sp³-hybridized carbons (Fsp3) is 0.688. The summed E-state index contributed by atoms with van der Waals surface area (Å²) < 4.78 is 16.3. The molecule has 3 atom stereocenters. The lowest BCUT2D eigenvalue weighted by Gasteiger charge is -2.24. The quantitative estimate of drug-likeness (QED) is 0.797. The number of aliphatic hydroxyl groups is 1. The lowest BCUT2D eigenvalue weighted by atomic mass is 9.94. The summed E-state index contributed by atoms with van der Waals surface area (Å²) in [4.78, 5) is 11.8. The number of carbonyl (C=O) groups is 1. The Bertz CT molecular complexity index is 467. The normalized spacial score (nSPS) is 30.1. The zero-order valence-corrected chi connectivity index (χ0v) is 12.6. The first kappa shape index (κ1) is 16.0. The van der Waals surface area contributed by atoms with Gasteiger partial charge in [-0.05, 0) is 33.1 Å². The molecule has 0 aromatic heterocycles. The molecule has 0 bridgehead atoms. The third kappa shape index (κ3) is 4.57. The summed E-state index contributed by atoms with van der Waals surface area (Å²) in [5.41, 5.74) is -1.01. The molecule has 1 fully saturated rings. The highest BCUT2D eigenvalue weighted by Crippen LogP contribution is 2.28. The van der Waals surface area contributed by atoms with Gasteiger partial charge in [0.2, 0.25) is 5.78 Å². The predicted octanol–water partition coefficient (Wildman–Crippen LogP) is 1.55. The lowest BCUT2D eigenvalue weighted by molar-refractivity contribution is -0.154. The van der Waals surface area contributed by atoms with E-state index in [1.807, 2.05) is 0 Å². The van der Waals surface area contributed by atoms with Gasteiger partial charge in [-0.2, -0.15) is 0 Å². The Morgan fingerprint density at radius 1 is 1.57 bits per heavy atom. The molecule has 5 heteroatoms. The number of rotatable bonds is 4. The van der Waals surface area contributed by atoms with Crippen LogP contribution in [0.1, 0.15) is 39.5 Å². The van der Waals surface area contributed by atoms with Crippen molar-refractivity contribution >= 4 is 5.78 Å². The second kappa shape index (κ2) is 7.08. The Kier molecular flexibility index (Phi) is 5.40. The molecule has 2 heterocycles. The Hall–Kier alpha value is -1.35. The number of aliphatic hydroxyl groups excluding tert-OH is 1. The fourth-order valence-electron chi connectivity index (χ4n) is 2.47. The van der Waals surface area contributed by atoms with Gasteiger partial charge in [0.05, 0.1) is 5.76 Å². The van der Waals surface area contributed by atoms with E-state index in [0.29, 0.717) is 5.76 Å². The standard InChI is InChI=1S/C16H22O5/c1-12-10-14(18)16(2,21-12)11-13(17)6-5-9-20-15-7-3-4-8-19-15/h10,13,15,17H,3-4,7-9,11H2,1-2H3/t13-,15?,16-/m1/s1. The number of ether oxygens (including phenoxy) is 3. The van der Waals surface area contributed by atoms with E-state index in [1.165, 1.54) is 6.08 Å². The number of hydrogen-bond donors (Lipinski definition) is 1. The molecule has 2 aliphatic heterocycles. The van der Waals surface area contributed by atoms with Crippen molar-refractivity contribution in [2.45, 2.75) is 57.5 Å². The van der Waals surface area contributed by atoms with Gasteiger partial charge in [0.25, 0.3) is 0 Å². The SMILES string of the molecule is CC1=CC(=O)[C@@](C)(C[C@H](O)C#CCOC2CCCCO2)O1. The highest BCUT2D eigenvalue weighted by molar-refractivity contribution is 5.99. The number of ketones is 1. The zero-order chi connectivity index (χ0) is 15.3. The summed E-state index contributed by atoms with van der Waals surface area (Å²) >= 11 is 0. The largest absolute Gasteiger partial charge is 0.484 e. The second-order valence-electron chi connectivity index (χ2n) is 5.60. The van der Waals surface area contributed by atoms with Gasteiger partial charge in [-0.15, -0.1) is 0 Å². The van der Waals surface area contributed by atoms with Crippen LogP contribution < -0.4 is 0 Å². The summed E-state index contributed by atoms with van der Waals surface area (Å²) in [6.45, 7) is 4.33. The maximum absolute atomic E-state index is 11.8. The molecule has 0 aromatic rings. The minimum atomic E-state index is -1.01. The highest BCUT2D eigenvalue weighted by Gasteiger charge is 2.40. The highest BCUT2D eigenvalue weighted by atomic mass is 16.7. The molecule has 1 unspecified atom stereocenters. The van der Waals surface area contributed by atoms with E-state index < -0.39 is 11.7 Å². The van der Waals surface area contributed by atoms with Gasteiger partial charge in [0.15, 0.2) is 11.9 Å². The molecule has 1 saturated heterocycles. The average Bonchev–Trinajstić information content (AvgIpc) is 2.68. The summed E-state index contributed by atoms with van der Waals surface area (Å²) in [5, 5.41) is 9.90. The molecule has 21 heavy (non-hydrogen) atoms. The van der Waals surface area contributed by atoms with Crippen LogP contribution >= 0.6 is 0 Å². The van der Waals surface area contributed by atoms with Crippen LogP contribution in [0.3, 0.4) is 0 Å². The van der Waals surface area contributed by atoms with Crippen molar-refractivity contribution in [1.82, 2.24) is 0 Å². The van der Waals surface area contributed by atoms with E-state index in [4.69, 9.17) is 14.2 Å². The first-order chi connectivity index (χ1) is 9.99. The van der Waals surface area contributed by atoms with Gasteiger partial charge in [-0.3, -0.25) is 4.79 Å². The third-order valence-electron chi connectivity index (χ3n) is 3.57. The third-order valence-corrected chi connectivity index (χ3v) is 3.57. The minimum absolute atomic E-state index is 0.132. The van der Waals surface area contributed by atoms with Gasteiger partial charge < -0.3 is 19.3 Å². The molecule has 0 aromatic carbocycles. The van der Waals surface area contributed by atoms with Gasteiger partial charge in [0.1, 0.15) is 12.7 Å². The van der Waals surface area contributed by atoms with Crippen LogP contribution in [-0.4, -0.2) is 42.1 Å². The molecule has 1 N–H and O–H groups in total. The van der Waals surface area contributed by atoms with E-state index in [-0.39, 0.29) is 25.1 Å². The van der Waals surface area contributed by atoms with Crippen molar-refractivity contribution in [2.24, 2.45) is 0 Å². The van der Waals surface area contributed by atoms with Gasteiger partial charge in [-0.25, -0.2) is 0 Å². The van der Waals surface area contributed by atoms with Crippen molar-refractivity contribution in [3.8, 4) is 11.8 Å². The molecule has 0 spiro atoms. The average molecular weight is 294 g/mol. The van der Waals surface area contributed by atoms with E-state index in [2.05, 4.69) is 11.8 Å². The van der Waals surface area contributed by atoms with Crippen molar-refractivity contribution in [2.75, 3.05) is 13.2 Å². The van der Waals surface area contributed by atoms with Crippen LogP contribution in [0.5, 0.6) is 0 Å². The number of hydrogen-bond acceptors (Lipinski definition) is 5. The molecule has 116 valence electrons. The first-order valence-electron chi connectivity index (χ1n) is 7.31. The van der Waals surface area contributed by atoms with E-state index >= 15 is 0 Å². The van der Waals surface area contributed by atoms with Crippen molar-refractivity contribution in [3.63, 3.8) is 0 Å². The summed E-state index contributed by atoms with van der Waals surface area (Å²) in [5.74, 6) is 5.88. The first-order valence-corrected chi connectivity index (χ1v) is 7.31. The topological polar surface area (TPSA) is 65.0 Å². The van der Waals surface area contributed by atoms with Crippen LogP contribution in [0, 0.1) is 11.8 Å². The predicted molar refractivity (Wildman–Crippen MR) is 76.2 cm³/mol. The van der Waals surface area contributed by atoms with Crippen molar-refractivity contribution in [3.05, 3.63) is 11.8 Å². The van der Waals surface area contributed by atoms with Crippen LogP contribution in [0.15, 0.2) is 11.8 Å². The molecule has 5 nitrogen and oxygen atoms in total. The van der Waals surface area contributed by atoms with E-state index in [0.717, 1.165) is 25.9 Å².